The van der Waals surface area contributed by atoms with E-state index >= 15 is 0 Å². The van der Waals surface area contributed by atoms with E-state index < -0.39 is 14.9 Å². The van der Waals surface area contributed by atoms with Crippen LogP contribution >= 0.6 is 11.6 Å². The largest absolute Gasteiger partial charge is 0.381 e. The van der Waals surface area contributed by atoms with Crippen LogP contribution in [0, 0.1) is 17.0 Å². The SMILES string of the molecule is COC1CCN(S(=O)(=O)c2cc(Cl)c(C)c([N+](=O)[O-])c2)CC1. The lowest BCUT2D eigenvalue weighted by atomic mass is 10.1. The summed E-state index contributed by atoms with van der Waals surface area (Å²) < 4.78 is 31.8. The topological polar surface area (TPSA) is 89.8 Å². The van der Waals surface area contributed by atoms with Crippen molar-refractivity contribution >= 4 is 27.3 Å². The molecule has 2 rings (SSSR count). The molecule has 0 amide bonds. The monoisotopic (exact) mass is 348 g/mol. The van der Waals surface area contributed by atoms with Crippen LogP contribution in [0.4, 0.5) is 5.69 Å². The Labute approximate surface area is 134 Å². The van der Waals surface area contributed by atoms with Crippen LogP contribution in [-0.4, -0.2) is 43.9 Å². The second-order valence-electron chi connectivity index (χ2n) is 5.15. The highest BCUT2D eigenvalue weighted by molar-refractivity contribution is 7.89. The summed E-state index contributed by atoms with van der Waals surface area (Å²) in [6.45, 7) is 2.13. The van der Waals surface area contributed by atoms with Crippen molar-refractivity contribution < 1.29 is 18.1 Å². The minimum atomic E-state index is -3.80. The zero-order chi connectivity index (χ0) is 16.5. The molecular formula is C13H17ClN2O5S. The van der Waals surface area contributed by atoms with Gasteiger partial charge in [-0.05, 0) is 25.8 Å². The summed E-state index contributed by atoms with van der Waals surface area (Å²) in [5.74, 6) is 0. The van der Waals surface area contributed by atoms with Crippen molar-refractivity contribution in [3.05, 3.63) is 32.8 Å². The minimum absolute atomic E-state index is 0.0439. The first-order valence-electron chi connectivity index (χ1n) is 6.75. The fourth-order valence-corrected chi connectivity index (χ4v) is 4.23. The molecule has 1 aromatic carbocycles. The maximum absolute atomic E-state index is 12.6. The molecule has 0 N–H and O–H groups in total. The van der Waals surface area contributed by atoms with Gasteiger partial charge in [-0.2, -0.15) is 4.31 Å². The van der Waals surface area contributed by atoms with E-state index in [1.165, 1.54) is 17.3 Å². The summed E-state index contributed by atoms with van der Waals surface area (Å²) in [5.41, 5.74) is -0.0402. The highest BCUT2D eigenvalue weighted by Gasteiger charge is 2.31. The second-order valence-corrected chi connectivity index (χ2v) is 7.49. The zero-order valence-electron chi connectivity index (χ0n) is 12.3. The molecule has 7 nitrogen and oxygen atoms in total. The van der Waals surface area contributed by atoms with Crippen molar-refractivity contribution in [2.45, 2.75) is 30.8 Å². The van der Waals surface area contributed by atoms with E-state index in [0.717, 1.165) is 6.07 Å². The third kappa shape index (κ3) is 3.24. The van der Waals surface area contributed by atoms with Gasteiger partial charge in [0.1, 0.15) is 0 Å². The number of nitro benzene ring substituents is 1. The van der Waals surface area contributed by atoms with Gasteiger partial charge < -0.3 is 4.74 Å². The maximum Gasteiger partial charge on any atom is 0.275 e. The molecule has 0 unspecified atom stereocenters. The molecule has 0 radical (unpaired) electrons. The van der Waals surface area contributed by atoms with E-state index in [1.807, 2.05) is 0 Å². The van der Waals surface area contributed by atoms with Gasteiger partial charge in [-0.1, -0.05) is 11.6 Å². The third-order valence-electron chi connectivity index (χ3n) is 3.86. The molecule has 1 aromatic rings. The molecule has 1 heterocycles. The highest BCUT2D eigenvalue weighted by atomic mass is 35.5. The number of halogens is 1. The van der Waals surface area contributed by atoms with Crippen LogP contribution in [0.2, 0.25) is 5.02 Å². The van der Waals surface area contributed by atoms with Crippen LogP contribution in [-0.2, 0) is 14.8 Å². The average molecular weight is 349 g/mol. The lowest BCUT2D eigenvalue weighted by molar-refractivity contribution is -0.385. The van der Waals surface area contributed by atoms with Crippen LogP contribution in [0.3, 0.4) is 0 Å². The summed E-state index contributed by atoms with van der Waals surface area (Å²) in [7, 11) is -2.20. The third-order valence-corrected chi connectivity index (χ3v) is 6.13. The Balaban J connectivity index is 2.36. The second kappa shape index (κ2) is 6.49. The van der Waals surface area contributed by atoms with Gasteiger partial charge in [0, 0.05) is 31.8 Å². The summed E-state index contributed by atoms with van der Waals surface area (Å²) >= 11 is 5.95. The molecule has 1 aliphatic rings. The number of hydrogen-bond donors (Lipinski definition) is 0. The summed E-state index contributed by atoms with van der Waals surface area (Å²) in [6.07, 6.45) is 1.23. The van der Waals surface area contributed by atoms with Gasteiger partial charge in [0.05, 0.1) is 20.9 Å². The molecule has 1 saturated heterocycles. The van der Waals surface area contributed by atoms with E-state index in [9.17, 15) is 18.5 Å². The predicted molar refractivity (Wildman–Crippen MR) is 81.6 cm³/mol. The van der Waals surface area contributed by atoms with Gasteiger partial charge in [0.2, 0.25) is 10.0 Å². The number of sulfonamides is 1. The van der Waals surface area contributed by atoms with Crippen LogP contribution < -0.4 is 0 Å². The Morgan fingerprint density at radius 3 is 2.45 bits per heavy atom. The number of benzene rings is 1. The minimum Gasteiger partial charge on any atom is -0.381 e. The Kier molecular flexibility index (Phi) is 5.06. The molecule has 1 fully saturated rings. The molecule has 0 bridgehead atoms. The van der Waals surface area contributed by atoms with Crippen LogP contribution in [0.5, 0.6) is 0 Å². The van der Waals surface area contributed by atoms with Crippen molar-refractivity contribution in [3.63, 3.8) is 0 Å². The van der Waals surface area contributed by atoms with E-state index in [2.05, 4.69) is 0 Å². The standard InChI is InChI=1S/C13H17ClN2O5S/c1-9-12(14)7-11(8-13(9)16(17)18)22(19,20)15-5-3-10(21-2)4-6-15/h7-8,10H,3-6H2,1-2H3. The lowest BCUT2D eigenvalue weighted by Crippen LogP contribution is -2.40. The number of ether oxygens (including phenoxy) is 1. The van der Waals surface area contributed by atoms with Crippen molar-refractivity contribution in [1.29, 1.82) is 0 Å². The zero-order valence-corrected chi connectivity index (χ0v) is 13.9. The average Bonchev–Trinajstić information content (AvgIpc) is 2.49. The van der Waals surface area contributed by atoms with Gasteiger partial charge in [-0.15, -0.1) is 0 Å². The Hall–Kier alpha value is -1.22. The Bertz CT molecular complexity index is 684. The molecule has 122 valence electrons. The van der Waals surface area contributed by atoms with Crippen LogP contribution in [0.1, 0.15) is 18.4 Å². The fraction of sp³-hybridized carbons (Fsp3) is 0.538. The number of nitrogens with zero attached hydrogens (tertiary/aromatic N) is 2. The predicted octanol–water partition coefficient (Wildman–Crippen LogP) is 2.36. The maximum atomic E-state index is 12.6. The van der Waals surface area contributed by atoms with E-state index in [4.69, 9.17) is 16.3 Å². The molecule has 9 heteroatoms. The molecule has 0 spiro atoms. The quantitative estimate of drug-likeness (QED) is 0.615. The van der Waals surface area contributed by atoms with Crippen molar-refractivity contribution in [2.24, 2.45) is 0 Å². The van der Waals surface area contributed by atoms with Crippen molar-refractivity contribution in [2.75, 3.05) is 20.2 Å². The summed E-state index contributed by atoms with van der Waals surface area (Å²) in [4.78, 5) is 10.3. The molecule has 22 heavy (non-hydrogen) atoms. The number of methoxy groups -OCH3 is 1. The van der Waals surface area contributed by atoms with E-state index in [-0.39, 0.29) is 27.3 Å². The molecule has 0 aliphatic carbocycles. The number of rotatable bonds is 4. The van der Waals surface area contributed by atoms with Crippen LogP contribution in [0.25, 0.3) is 0 Å². The molecule has 0 atom stereocenters. The van der Waals surface area contributed by atoms with Gasteiger partial charge in [-0.25, -0.2) is 8.42 Å². The van der Waals surface area contributed by atoms with Crippen molar-refractivity contribution in [1.82, 2.24) is 4.31 Å². The molecular weight excluding hydrogens is 332 g/mol. The lowest BCUT2D eigenvalue weighted by Gasteiger charge is -2.30. The van der Waals surface area contributed by atoms with Crippen LogP contribution in [0.15, 0.2) is 17.0 Å². The normalized spacial score (nSPS) is 17.6. The fourth-order valence-electron chi connectivity index (χ4n) is 2.44. The number of nitro groups is 1. The van der Waals surface area contributed by atoms with E-state index in [0.29, 0.717) is 25.9 Å². The van der Waals surface area contributed by atoms with Gasteiger partial charge >= 0.3 is 0 Å². The Morgan fingerprint density at radius 1 is 1.36 bits per heavy atom. The Morgan fingerprint density at radius 2 is 1.95 bits per heavy atom. The molecule has 1 aliphatic heterocycles. The summed E-state index contributed by atoms with van der Waals surface area (Å²) in [5, 5.41) is 11.1. The van der Waals surface area contributed by atoms with Gasteiger partial charge in [-0.3, -0.25) is 10.1 Å². The first kappa shape index (κ1) is 17.1. The molecule has 0 aromatic heterocycles. The highest BCUT2D eigenvalue weighted by Crippen LogP contribution is 2.31. The van der Waals surface area contributed by atoms with Gasteiger partial charge in [0.15, 0.2) is 0 Å². The first-order valence-corrected chi connectivity index (χ1v) is 8.56. The smallest absolute Gasteiger partial charge is 0.275 e. The summed E-state index contributed by atoms with van der Waals surface area (Å²) in [6, 6.07) is 2.33. The van der Waals surface area contributed by atoms with Gasteiger partial charge in [0.25, 0.3) is 5.69 Å². The number of hydrogen-bond acceptors (Lipinski definition) is 5. The number of piperidine rings is 1. The van der Waals surface area contributed by atoms with E-state index in [1.54, 1.807) is 7.11 Å². The first-order chi connectivity index (χ1) is 10.3. The van der Waals surface area contributed by atoms with Crippen molar-refractivity contribution in [3.8, 4) is 0 Å². The molecule has 0 saturated carbocycles.